The van der Waals surface area contributed by atoms with Gasteiger partial charge in [0, 0.05) is 27.7 Å². The standard InChI is InChI=1S/C16H10ClNO3/c17-12-3-1-2-11(8-12)16(20)18-13-5-6-14-10(9-13)4-7-15(19)21-14/h1-9H,(H,18,20). The van der Waals surface area contributed by atoms with Gasteiger partial charge in [-0.15, -0.1) is 0 Å². The van der Waals surface area contributed by atoms with E-state index in [1.807, 2.05) is 0 Å². The van der Waals surface area contributed by atoms with Crippen LogP contribution in [-0.2, 0) is 0 Å². The number of rotatable bonds is 2. The smallest absolute Gasteiger partial charge is 0.336 e. The van der Waals surface area contributed by atoms with Gasteiger partial charge in [-0.05, 0) is 42.5 Å². The molecule has 21 heavy (non-hydrogen) atoms. The van der Waals surface area contributed by atoms with Crippen LogP contribution in [0.2, 0.25) is 5.02 Å². The number of fused-ring (bicyclic) bond motifs is 1. The third kappa shape index (κ3) is 2.95. The van der Waals surface area contributed by atoms with Crippen LogP contribution in [0, 0.1) is 0 Å². The van der Waals surface area contributed by atoms with Gasteiger partial charge in [0.1, 0.15) is 5.58 Å². The molecule has 0 atom stereocenters. The zero-order valence-electron chi connectivity index (χ0n) is 10.8. The summed E-state index contributed by atoms with van der Waals surface area (Å²) in [5.74, 6) is -0.255. The van der Waals surface area contributed by atoms with Crippen molar-refractivity contribution in [3.63, 3.8) is 0 Å². The van der Waals surface area contributed by atoms with Crippen LogP contribution in [0.25, 0.3) is 11.0 Å². The third-order valence-corrected chi connectivity index (χ3v) is 3.20. The second-order valence-electron chi connectivity index (χ2n) is 4.47. The maximum atomic E-state index is 12.1. The fourth-order valence-electron chi connectivity index (χ4n) is 1.98. The Bertz CT molecular complexity index is 886. The number of nitrogens with one attached hydrogen (secondary N) is 1. The average Bonchev–Trinajstić information content (AvgIpc) is 2.47. The number of carbonyl (C=O) groups excluding carboxylic acids is 1. The second-order valence-corrected chi connectivity index (χ2v) is 4.91. The number of benzene rings is 2. The van der Waals surface area contributed by atoms with Gasteiger partial charge in [0.15, 0.2) is 0 Å². The normalized spacial score (nSPS) is 10.5. The van der Waals surface area contributed by atoms with Crippen molar-refractivity contribution in [1.82, 2.24) is 0 Å². The van der Waals surface area contributed by atoms with Gasteiger partial charge >= 0.3 is 5.63 Å². The van der Waals surface area contributed by atoms with E-state index in [2.05, 4.69) is 5.32 Å². The van der Waals surface area contributed by atoms with Gasteiger partial charge in [-0.2, -0.15) is 0 Å². The zero-order chi connectivity index (χ0) is 14.8. The molecule has 0 saturated heterocycles. The van der Waals surface area contributed by atoms with E-state index in [1.165, 1.54) is 6.07 Å². The molecule has 4 nitrogen and oxygen atoms in total. The summed E-state index contributed by atoms with van der Waals surface area (Å²) in [5.41, 5.74) is 1.16. The lowest BCUT2D eigenvalue weighted by molar-refractivity contribution is 0.102. The highest BCUT2D eigenvalue weighted by Crippen LogP contribution is 2.19. The molecular weight excluding hydrogens is 290 g/mol. The van der Waals surface area contributed by atoms with Crippen molar-refractivity contribution in [3.05, 3.63) is 75.6 Å². The Labute approximate surface area is 125 Å². The Balaban J connectivity index is 1.89. The van der Waals surface area contributed by atoms with Crippen LogP contribution in [0.5, 0.6) is 0 Å². The molecule has 0 spiro atoms. The van der Waals surface area contributed by atoms with Gasteiger partial charge < -0.3 is 9.73 Å². The zero-order valence-corrected chi connectivity index (χ0v) is 11.6. The molecule has 0 aliphatic heterocycles. The molecule has 2 aromatic carbocycles. The van der Waals surface area contributed by atoms with E-state index >= 15 is 0 Å². The molecule has 1 heterocycles. The van der Waals surface area contributed by atoms with Gasteiger partial charge in [0.25, 0.3) is 5.91 Å². The molecule has 0 unspecified atom stereocenters. The maximum Gasteiger partial charge on any atom is 0.336 e. The summed E-state index contributed by atoms with van der Waals surface area (Å²) in [6, 6.07) is 14.7. The first-order valence-corrected chi connectivity index (χ1v) is 6.60. The van der Waals surface area contributed by atoms with E-state index in [0.717, 1.165) is 5.39 Å². The van der Waals surface area contributed by atoms with Crippen molar-refractivity contribution < 1.29 is 9.21 Å². The van der Waals surface area contributed by atoms with Gasteiger partial charge in [0.05, 0.1) is 0 Å². The Morgan fingerprint density at radius 1 is 1.05 bits per heavy atom. The van der Waals surface area contributed by atoms with Crippen molar-refractivity contribution in [3.8, 4) is 0 Å². The first kappa shape index (κ1) is 13.4. The van der Waals surface area contributed by atoms with Crippen LogP contribution in [0.4, 0.5) is 5.69 Å². The number of amides is 1. The number of carbonyl (C=O) groups is 1. The number of anilines is 1. The molecule has 0 bridgehead atoms. The lowest BCUT2D eigenvalue weighted by Gasteiger charge is -2.06. The molecule has 0 aliphatic carbocycles. The van der Waals surface area contributed by atoms with E-state index in [9.17, 15) is 9.59 Å². The highest BCUT2D eigenvalue weighted by Gasteiger charge is 2.07. The van der Waals surface area contributed by atoms with Gasteiger partial charge in [0.2, 0.25) is 0 Å². The highest BCUT2D eigenvalue weighted by atomic mass is 35.5. The molecular formula is C16H10ClNO3. The summed E-state index contributed by atoms with van der Waals surface area (Å²) in [4.78, 5) is 23.2. The van der Waals surface area contributed by atoms with Crippen LogP contribution >= 0.6 is 11.6 Å². The number of hydrogen-bond acceptors (Lipinski definition) is 3. The Morgan fingerprint density at radius 2 is 1.90 bits per heavy atom. The Hall–Kier alpha value is -2.59. The van der Waals surface area contributed by atoms with E-state index in [-0.39, 0.29) is 5.91 Å². The fraction of sp³-hybridized carbons (Fsp3) is 0. The molecule has 0 fully saturated rings. The maximum absolute atomic E-state index is 12.1. The topological polar surface area (TPSA) is 59.3 Å². The van der Waals surface area contributed by atoms with Crippen molar-refractivity contribution in [2.45, 2.75) is 0 Å². The van der Waals surface area contributed by atoms with Crippen LogP contribution in [0.1, 0.15) is 10.4 Å². The Morgan fingerprint density at radius 3 is 2.71 bits per heavy atom. The summed E-state index contributed by atoms with van der Waals surface area (Å²) >= 11 is 5.86. The molecule has 1 amide bonds. The molecule has 0 radical (unpaired) electrons. The van der Waals surface area contributed by atoms with Gasteiger partial charge in [-0.3, -0.25) is 4.79 Å². The predicted octanol–water partition coefficient (Wildman–Crippen LogP) is 3.70. The molecule has 1 N–H and O–H groups in total. The van der Waals surface area contributed by atoms with E-state index in [4.69, 9.17) is 16.0 Å². The van der Waals surface area contributed by atoms with Crippen molar-refractivity contribution in [2.24, 2.45) is 0 Å². The lowest BCUT2D eigenvalue weighted by atomic mass is 10.2. The molecule has 3 aromatic rings. The van der Waals surface area contributed by atoms with E-state index in [1.54, 1.807) is 48.5 Å². The van der Waals surface area contributed by atoms with Crippen LogP contribution < -0.4 is 10.9 Å². The minimum Gasteiger partial charge on any atom is -0.423 e. The van der Waals surface area contributed by atoms with Crippen LogP contribution in [0.3, 0.4) is 0 Å². The fourth-order valence-corrected chi connectivity index (χ4v) is 2.17. The van der Waals surface area contributed by atoms with Crippen molar-refractivity contribution in [2.75, 3.05) is 5.32 Å². The first-order chi connectivity index (χ1) is 10.1. The lowest BCUT2D eigenvalue weighted by Crippen LogP contribution is -2.11. The summed E-state index contributed by atoms with van der Waals surface area (Å²) in [5, 5.41) is 4.01. The minimum absolute atomic E-state index is 0.255. The van der Waals surface area contributed by atoms with Crippen molar-refractivity contribution in [1.29, 1.82) is 0 Å². The largest absolute Gasteiger partial charge is 0.423 e. The quantitative estimate of drug-likeness (QED) is 0.734. The monoisotopic (exact) mass is 299 g/mol. The average molecular weight is 300 g/mol. The molecule has 5 heteroatoms. The SMILES string of the molecule is O=C(Nc1ccc2oc(=O)ccc2c1)c1cccc(Cl)c1. The molecule has 0 saturated carbocycles. The van der Waals surface area contributed by atoms with E-state index in [0.29, 0.717) is 21.9 Å². The molecule has 104 valence electrons. The van der Waals surface area contributed by atoms with E-state index < -0.39 is 5.63 Å². The predicted molar refractivity (Wildman–Crippen MR) is 81.9 cm³/mol. The summed E-state index contributed by atoms with van der Waals surface area (Å²) in [7, 11) is 0. The second kappa shape index (κ2) is 5.42. The number of halogens is 1. The van der Waals surface area contributed by atoms with Crippen molar-refractivity contribution >= 4 is 34.2 Å². The molecule has 0 aliphatic rings. The van der Waals surface area contributed by atoms with Crippen LogP contribution in [-0.4, -0.2) is 5.91 Å². The molecule has 1 aromatic heterocycles. The third-order valence-electron chi connectivity index (χ3n) is 2.96. The number of hydrogen-bond donors (Lipinski definition) is 1. The van der Waals surface area contributed by atoms with Gasteiger partial charge in [-0.1, -0.05) is 17.7 Å². The summed E-state index contributed by atoms with van der Waals surface area (Å²) in [6.45, 7) is 0. The first-order valence-electron chi connectivity index (χ1n) is 6.23. The Kier molecular flexibility index (Phi) is 3.46. The van der Waals surface area contributed by atoms with Crippen LogP contribution in [0.15, 0.2) is 63.8 Å². The highest BCUT2D eigenvalue weighted by molar-refractivity contribution is 6.31. The minimum atomic E-state index is -0.404. The van der Waals surface area contributed by atoms with Gasteiger partial charge in [-0.25, -0.2) is 4.79 Å². The summed E-state index contributed by atoms with van der Waals surface area (Å²) in [6.07, 6.45) is 0. The summed E-state index contributed by atoms with van der Waals surface area (Å²) < 4.78 is 5.04. The molecule has 3 rings (SSSR count).